The lowest BCUT2D eigenvalue weighted by atomic mass is 9.95. The van der Waals surface area contributed by atoms with Crippen molar-refractivity contribution in [2.24, 2.45) is 0 Å². The second kappa shape index (κ2) is 11.8. The molecule has 0 fully saturated rings. The van der Waals surface area contributed by atoms with Crippen LogP contribution in [0.25, 0.3) is 0 Å². The van der Waals surface area contributed by atoms with Crippen molar-refractivity contribution in [2.75, 3.05) is 17.7 Å². The van der Waals surface area contributed by atoms with Crippen molar-refractivity contribution in [1.29, 1.82) is 0 Å². The molecule has 3 aromatic rings. The third-order valence-corrected chi connectivity index (χ3v) is 6.49. The van der Waals surface area contributed by atoms with Crippen LogP contribution in [0, 0.1) is 0 Å². The van der Waals surface area contributed by atoms with Crippen LogP contribution in [-0.2, 0) is 16.1 Å². The molecule has 1 N–H and O–H groups in total. The van der Waals surface area contributed by atoms with Gasteiger partial charge < -0.3 is 14.8 Å². The maximum atomic E-state index is 13.2. The molecule has 0 saturated heterocycles. The minimum Gasteiger partial charge on any atom is -0.489 e. The van der Waals surface area contributed by atoms with Crippen molar-refractivity contribution in [3.63, 3.8) is 0 Å². The largest absolute Gasteiger partial charge is 0.489 e. The van der Waals surface area contributed by atoms with E-state index < -0.39 is 12.0 Å². The van der Waals surface area contributed by atoms with Crippen LogP contribution in [-0.4, -0.2) is 33.1 Å². The van der Waals surface area contributed by atoms with E-state index in [9.17, 15) is 4.79 Å². The second-order valence-electron chi connectivity index (χ2n) is 8.13. The Kier molecular flexibility index (Phi) is 8.26. The standard InChI is InChI=1S/C27H30N4O3S/c1-4-6-17-35-27-29-26-28-19(3)23(25(32)33-16-5-2)24(31(26)30-27)21-14-10-11-15-22(21)34-18-20-12-8-7-9-13-20/h5,7-15,24H,2,4,6,16-18H2,1,3H3,(H,28,29,30). The quantitative estimate of drug-likeness (QED) is 0.158. The molecule has 7 nitrogen and oxygen atoms in total. The van der Waals surface area contributed by atoms with E-state index in [1.807, 2.05) is 61.5 Å². The van der Waals surface area contributed by atoms with Gasteiger partial charge in [-0.3, -0.25) is 0 Å². The number of ether oxygens (including phenoxy) is 2. The van der Waals surface area contributed by atoms with Crippen molar-refractivity contribution < 1.29 is 14.3 Å². The predicted molar refractivity (Wildman–Crippen MR) is 138 cm³/mol. The fourth-order valence-electron chi connectivity index (χ4n) is 3.84. The number of para-hydroxylation sites is 1. The molecule has 0 spiro atoms. The molecule has 0 aliphatic carbocycles. The number of nitrogens with one attached hydrogen (secondary N) is 1. The Balaban J connectivity index is 1.73. The summed E-state index contributed by atoms with van der Waals surface area (Å²) in [5, 5.41) is 8.69. The Morgan fingerprint density at radius 1 is 1.20 bits per heavy atom. The topological polar surface area (TPSA) is 78.3 Å². The average Bonchev–Trinajstić information content (AvgIpc) is 3.28. The fourth-order valence-corrected chi connectivity index (χ4v) is 4.75. The van der Waals surface area contributed by atoms with E-state index in [-0.39, 0.29) is 6.61 Å². The molecule has 2 heterocycles. The summed E-state index contributed by atoms with van der Waals surface area (Å²) in [5.41, 5.74) is 3.00. The molecule has 1 aromatic heterocycles. The van der Waals surface area contributed by atoms with Gasteiger partial charge in [0.2, 0.25) is 11.1 Å². The van der Waals surface area contributed by atoms with Crippen LogP contribution in [0.5, 0.6) is 5.75 Å². The number of aromatic nitrogens is 3. The molecule has 8 heteroatoms. The highest BCUT2D eigenvalue weighted by Crippen LogP contribution is 2.40. The van der Waals surface area contributed by atoms with Gasteiger partial charge in [-0.05, 0) is 25.0 Å². The third-order valence-electron chi connectivity index (χ3n) is 5.57. The van der Waals surface area contributed by atoms with Gasteiger partial charge in [0.15, 0.2) is 0 Å². The Morgan fingerprint density at radius 3 is 2.74 bits per heavy atom. The smallest absolute Gasteiger partial charge is 0.338 e. The maximum Gasteiger partial charge on any atom is 0.338 e. The minimum atomic E-state index is -0.552. The molecule has 0 amide bonds. The molecule has 182 valence electrons. The third kappa shape index (κ3) is 5.77. The highest BCUT2D eigenvalue weighted by Gasteiger charge is 2.36. The molecule has 35 heavy (non-hydrogen) atoms. The molecule has 2 aromatic carbocycles. The summed E-state index contributed by atoms with van der Waals surface area (Å²) in [6, 6.07) is 17.2. The number of allylic oxidation sites excluding steroid dienone is 1. The van der Waals surface area contributed by atoms with Crippen LogP contribution in [0.1, 0.15) is 43.9 Å². The zero-order valence-corrected chi connectivity index (χ0v) is 20.9. The van der Waals surface area contributed by atoms with Gasteiger partial charge in [-0.25, -0.2) is 9.48 Å². The summed E-state index contributed by atoms with van der Waals surface area (Å²) < 4.78 is 13.5. The number of hydrogen-bond donors (Lipinski definition) is 1. The number of carbonyl (C=O) groups excluding carboxylic acids is 1. The number of nitrogens with zero attached hydrogens (tertiary/aromatic N) is 3. The number of anilines is 1. The van der Waals surface area contributed by atoms with Gasteiger partial charge in [0.1, 0.15) is 25.0 Å². The molecule has 1 aliphatic heterocycles. The molecule has 1 aliphatic rings. The first kappa shape index (κ1) is 24.6. The molecule has 0 bridgehead atoms. The van der Waals surface area contributed by atoms with Crippen LogP contribution < -0.4 is 10.1 Å². The van der Waals surface area contributed by atoms with Gasteiger partial charge in [0, 0.05) is 17.0 Å². The Morgan fingerprint density at radius 2 is 1.97 bits per heavy atom. The summed E-state index contributed by atoms with van der Waals surface area (Å²) in [5.74, 6) is 1.76. The number of unbranched alkanes of at least 4 members (excludes halogenated alkanes) is 1. The van der Waals surface area contributed by atoms with Crippen molar-refractivity contribution >= 4 is 23.7 Å². The van der Waals surface area contributed by atoms with E-state index in [1.165, 1.54) is 0 Å². The number of esters is 1. The van der Waals surface area contributed by atoms with Crippen LogP contribution in [0.15, 0.2) is 83.7 Å². The number of fused-ring (bicyclic) bond motifs is 1. The summed E-state index contributed by atoms with van der Waals surface area (Å²) >= 11 is 1.61. The van der Waals surface area contributed by atoms with Gasteiger partial charge in [0.25, 0.3) is 0 Å². The molecule has 4 rings (SSSR count). The van der Waals surface area contributed by atoms with E-state index >= 15 is 0 Å². The van der Waals surface area contributed by atoms with Crippen molar-refractivity contribution in [1.82, 2.24) is 14.8 Å². The molecule has 1 atom stereocenters. The number of carbonyl (C=O) groups is 1. The van der Waals surface area contributed by atoms with Gasteiger partial charge in [-0.1, -0.05) is 86.3 Å². The van der Waals surface area contributed by atoms with Gasteiger partial charge in [0.05, 0.1) is 5.57 Å². The van der Waals surface area contributed by atoms with Crippen LogP contribution in [0.3, 0.4) is 0 Å². The number of thioether (sulfide) groups is 1. The predicted octanol–water partition coefficient (Wildman–Crippen LogP) is 5.77. The van der Waals surface area contributed by atoms with E-state index in [2.05, 4.69) is 23.8 Å². The fraction of sp³-hybridized carbons (Fsp3) is 0.296. The number of hydrogen-bond acceptors (Lipinski definition) is 7. The highest BCUT2D eigenvalue weighted by atomic mass is 32.2. The zero-order valence-electron chi connectivity index (χ0n) is 20.1. The molecule has 0 radical (unpaired) electrons. The van der Waals surface area contributed by atoms with Gasteiger partial charge in [-0.2, -0.15) is 4.98 Å². The summed E-state index contributed by atoms with van der Waals surface area (Å²) in [6.07, 6.45) is 3.74. The first-order valence-electron chi connectivity index (χ1n) is 11.7. The van der Waals surface area contributed by atoms with Crippen LogP contribution in [0.2, 0.25) is 0 Å². The van der Waals surface area contributed by atoms with Crippen LogP contribution >= 0.6 is 11.8 Å². The second-order valence-corrected chi connectivity index (χ2v) is 9.19. The summed E-state index contributed by atoms with van der Waals surface area (Å²) in [4.78, 5) is 17.9. The normalized spacial score (nSPS) is 14.7. The molecular weight excluding hydrogens is 460 g/mol. The number of benzene rings is 2. The van der Waals surface area contributed by atoms with Gasteiger partial charge >= 0.3 is 5.97 Å². The molecule has 0 saturated carbocycles. The van der Waals surface area contributed by atoms with Gasteiger partial charge in [-0.15, -0.1) is 5.10 Å². The van der Waals surface area contributed by atoms with Crippen LogP contribution in [0.4, 0.5) is 5.95 Å². The maximum absolute atomic E-state index is 13.2. The van der Waals surface area contributed by atoms with E-state index in [1.54, 1.807) is 22.5 Å². The molecular formula is C27H30N4O3S. The lowest BCUT2D eigenvalue weighted by Gasteiger charge is -2.29. The van der Waals surface area contributed by atoms with E-state index in [0.717, 1.165) is 29.7 Å². The Labute approximate surface area is 210 Å². The van der Waals surface area contributed by atoms with Crippen molar-refractivity contribution in [2.45, 2.75) is 44.5 Å². The Hall–Kier alpha value is -3.52. The summed E-state index contributed by atoms with van der Waals surface area (Å²) in [7, 11) is 0. The minimum absolute atomic E-state index is 0.122. The zero-order chi connectivity index (χ0) is 24.6. The Bertz CT molecular complexity index is 1210. The van der Waals surface area contributed by atoms with Crippen molar-refractivity contribution in [3.8, 4) is 5.75 Å². The first-order valence-corrected chi connectivity index (χ1v) is 12.7. The molecule has 1 unspecified atom stereocenters. The highest BCUT2D eigenvalue weighted by molar-refractivity contribution is 7.99. The van der Waals surface area contributed by atoms with E-state index in [0.29, 0.717) is 34.7 Å². The lowest BCUT2D eigenvalue weighted by molar-refractivity contribution is -0.138. The average molecular weight is 491 g/mol. The lowest BCUT2D eigenvalue weighted by Crippen LogP contribution is -2.30. The first-order chi connectivity index (χ1) is 17.1. The number of rotatable bonds is 11. The SMILES string of the molecule is C=CCOC(=O)C1=C(C)Nc2nc(SCCCC)nn2C1c1ccccc1OCc1ccccc1. The van der Waals surface area contributed by atoms with Crippen molar-refractivity contribution in [3.05, 3.63) is 89.6 Å². The van der Waals surface area contributed by atoms with E-state index in [4.69, 9.17) is 14.6 Å². The summed E-state index contributed by atoms with van der Waals surface area (Å²) in [6.45, 7) is 8.20. The monoisotopic (exact) mass is 490 g/mol.